The maximum absolute atomic E-state index is 14.8. The number of quaternary nitrogens is 1. The Morgan fingerprint density at radius 3 is 2.12 bits per heavy atom. The number of aromatic nitrogens is 1. The first-order valence-electron chi connectivity index (χ1n) is 21.6. The first kappa shape index (κ1) is 49.5. The summed E-state index contributed by atoms with van der Waals surface area (Å²) in [6.45, 7) is 4.56. The number of unbranched alkanes of at least 4 members (excludes halogenated alkanes) is 1. The Morgan fingerprint density at radius 2 is 1.49 bits per heavy atom. The summed E-state index contributed by atoms with van der Waals surface area (Å²) in [5.74, 6) is -4.11. The fraction of sp³-hybridized carbons (Fsp3) is 0.488. The molecule has 0 spiro atoms. The van der Waals surface area contributed by atoms with Crippen LogP contribution < -0.4 is 49.9 Å². The largest absolute Gasteiger partial charge is 0.478 e. The lowest BCUT2D eigenvalue weighted by Crippen LogP contribution is -2.63. The van der Waals surface area contributed by atoms with Crippen molar-refractivity contribution in [1.82, 2.24) is 26.3 Å². The number of hydrogen-bond acceptors (Lipinski definition) is 12. The number of carboxylic acid groups (broad SMARTS) is 1. The molecule has 0 bridgehead atoms. The minimum atomic E-state index is -1.12. The summed E-state index contributed by atoms with van der Waals surface area (Å²) in [5.41, 5.74) is 29.5. The van der Waals surface area contributed by atoms with E-state index in [4.69, 9.17) is 33.8 Å². The van der Waals surface area contributed by atoms with E-state index in [-0.39, 0.29) is 89.0 Å². The maximum atomic E-state index is 14.8. The predicted octanol–water partition coefficient (Wildman–Crippen LogP) is -0.0483. The molecule has 65 heavy (non-hydrogen) atoms. The fourth-order valence-corrected chi connectivity index (χ4v) is 9.45. The summed E-state index contributed by atoms with van der Waals surface area (Å²) in [5, 5.41) is 20.5. The number of carboxylic acids is 1. The van der Waals surface area contributed by atoms with E-state index in [1.807, 2.05) is 6.92 Å². The summed E-state index contributed by atoms with van der Waals surface area (Å²) >= 11 is 1.10. The number of carbonyl (C=O) groups excluding carboxylic acids is 6. The molecule has 3 heterocycles. The Morgan fingerprint density at radius 1 is 0.862 bits per heavy atom. The summed E-state index contributed by atoms with van der Waals surface area (Å²) in [6.07, 6.45) is 2.77. The molecular formula is C43H60N13O8S+. The Kier molecular flexibility index (Phi) is 17.1. The average Bonchev–Trinajstić information content (AvgIpc) is 3.89. The molecule has 3 aromatic rings. The van der Waals surface area contributed by atoms with E-state index in [0.717, 1.165) is 11.3 Å². The maximum Gasteiger partial charge on any atom is 0.337 e. The SMILES string of the molecule is CC(=O)N[C@@H](CCCCN)C(=O)N[C@@H](CCCN=C(N)N)C(=O)N[C@H]1CC(C)C2C[N+]2([C@@H](CCCN=C(N)N)C(=O)c2nc3ccc(C(=O)NCc4ccc(C(=O)O)cc4)cc3s2)C1=O. The number of fused-ring (bicyclic) bond motifs is 2. The van der Waals surface area contributed by atoms with Crippen LogP contribution in [0.5, 0.6) is 0 Å². The summed E-state index contributed by atoms with van der Waals surface area (Å²) in [4.78, 5) is 106. The van der Waals surface area contributed by atoms with Crippen molar-refractivity contribution < 1.29 is 43.2 Å². The first-order valence-corrected chi connectivity index (χ1v) is 22.4. The summed E-state index contributed by atoms with van der Waals surface area (Å²) < 4.78 is 0.363. The van der Waals surface area contributed by atoms with Crippen LogP contribution in [0.4, 0.5) is 0 Å². The zero-order valence-corrected chi connectivity index (χ0v) is 37.4. The zero-order valence-electron chi connectivity index (χ0n) is 36.6. The van der Waals surface area contributed by atoms with Gasteiger partial charge in [-0.15, -0.1) is 11.3 Å². The van der Waals surface area contributed by atoms with Crippen LogP contribution in [-0.2, 0) is 25.7 Å². The summed E-state index contributed by atoms with van der Waals surface area (Å²) in [6, 6.07) is 6.85. The Bertz CT molecular complexity index is 2310. The minimum absolute atomic E-state index is 0.0980. The van der Waals surface area contributed by atoms with E-state index < -0.39 is 47.9 Å². The number of ketones is 1. The van der Waals surface area contributed by atoms with Crippen molar-refractivity contribution >= 4 is 74.8 Å². The van der Waals surface area contributed by atoms with Crippen LogP contribution in [0.25, 0.3) is 10.2 Å². The molecule has 0 saturated carbocycles. The van der Waals surface area contributed by atoms with Crippen molar-refractivity contribution in [3.63, 3.8) is 0 Å². The number of aliphatic imine (C=N–C) groups is 2. The number of thiazole rings is 1. The standard InChI is InChI=1S/C43H59N13O8S/c1-23-19-31(54-38(61)30(8-5-17-49-42(45)46)53-37(60)29(52-24(2)57)7-3-4-16-44)40(62)56(22-33(23)56)32(9-6-18-50-43(47)48)35(58)39-55-28-15-14-27(20-34(28)65-39)36(59)51-21-25-10-12-26(13-11-25)41(63)64/h10-15,20,23,29-33H,3-9,16-19,21-22,44H2,1-2H3,(H12-,45,46,47,48,49,50,51,52,53,54,57,59,60,61,63,64)/p+1/t23?,29-,30-,31-,32-,33?,56?/m0/s1. The number of rotatable bonds is 24. The average molecular weight is 919 g/mol. The van der Waals surface area contributed by atoms with E-state index in [0.29, 0.717) is 73.0 Å². The predicted molar refractivity (Wildman–Crippen MR) is 244 cm³/mol. The Labute approximate surface area is 380 Å². The molecule has 2 aliphatic rings. The van der Waals surface area contributed by atoms with Gasteiger partial charge in [0.25, 0.3) is 5.91 Å². The lowest BCUT2D eigenvalue weighted by Gasteiger charge is -2.36. The molecule has 7 atom stereocenters. The lowest BCUT2D eigenvalue weighted by atomic mass is 9.91. The van der Waals surface area contributed by atoms with Crippen LogP contribution in [-0.4, -0.2) is 124 Å². The monoisotopic (exact) mass is 918 g/mol. The molecule has 2 aliphatic heterocycles. The third kappa shape index (κ3) is 12.8. The number of aromatic carboxylic acids is 1. The molecule has 5 amide bonds. The van der Waals surface area contributed by atoms with Gasteiger partial charge in [-0.25, -0.2) is 19.1 Å². The number of nitrogens with one attached hydrogen (secondary N) is 4. The van der Waals surface area contributed by atoms with Gasteiger partial charge in [0.05, 0.1) is 15.8 Å². The molecule has 3 unspecified atom stereocenters. The van der Waals surface area contributed by atoms with Gasteiger partial charge in [0.1, 0.15) is 30.7 Å². The molecule has 22 heteroatoms. The highest BCUT2D eigenvalue weighted by Crippen LogP contribution is 2.48. The third-order valence-electron chi connectivity index (χ3n) is 11.8. The van der Waals surface area contributed by atoms with Crippen LogP contribution in [0, 0.1) is 5.92 Å². The van der Waals surface area contributed by atoms with E-state index in [1.165, 1.54) is 19.1 Å². The number of benzene rings is 2. The normalized spacial score (nSPS) is 20.0. The number of nitrogens with two attached hydrogens (primary N) is 5. The van der Waals surface area contributed by atoms with Crippen molar-refractivity contribution in [3.8, 4) is 0 Å². The molecule has 5 rings (SSSR count). The number of carbonyl (C=O) groups is 7. The molecule has 350 valence electrons. The highest BCUT2D eigenvalue weighted by Gasteiger charge is 2.72. The highest BCUT2D eigenvalue weighted by atomic mass is 32.1. The fourth-order valence-electron chi connectivity index (χ4n) is 8.45. The number of amides is 5. The van der Waals surface area contributed by atoms with Crippen molar-refractivity contribution in [1.29, 1.82) is 0 Å². The quantitative estimate of drug-likeness (QED) is 0.0141. The molecule has 1 aromatic heterocycles. The number of nitrogens with zero attached hydrogens (tertiary/aromatic N) is 4. The first-order chi connectivity index (χ1) is 30.9. The lowest BCUT2D eigenvalue weighted by molar-refractivity contribution is -0.760. The van der Waals surface area contributed by atoms with Crippen LogP contribution in [0.2, 0.25) is 0 Å². The molecule has 0 radical (unpaired) electrons. The topological polar surface area (TPSA) is 356 Å². The van der Waals surface area contributed by atoms with Crippen molar-refractivity contribution in [2.45, 2.75) is 102 Å². The Hall–Kier alpha value is -6.52. The van der Waals surface area contributed by atoms with Gasteiger partial charge in [-0.2, -0.15) is 0 Å². The second kappa shape index (κ2) is 22.4. The van der Waals surface area contributed by atoms with E-state index in [9.17, 15) is 33.6 Å². The van der Waals surface area contributed by atoms with Gasteiger partial charge in [-0.1, -0.05) is 19.1 Å². The molecule has 2 aromatic carbocycles. The van der Waals surface area contributed by atoms with Gasteiger partial charge in [0.2, 0.25) is 23.5 Å². The van der Waals surface area contributed by atoms with Crippen molar-refractivity contribution in [2.75, 3.05) is 26.2 Å². The van der Waals surface area contributed by atoms with Crippen molar-refractivity contribution in [3.05, 3.63) is 64.2 Å². The molecule has 15 N–H and O–H groups in total. The zero-order chi connectivity index (χ0) is 47.4. The second-order valence-electron chi connectivity index (χ2n) is 16.6. The van der Waals surface area contributed by atoms with Crippen molar-refractivity contribution in [2.24, 2.45) is 44.6 Å². The van der Waals surface area contributed by atoms with E-state index in [1.54, 1.807) is 30.3 Å². The van der Waals surface area contributed by atoms with Gasteiger partial charge in [-0.3, -0.25) is 34.0 Å². The third-order valence-corrected chi connectivity index (χ3v) is 12.8. The Balaban J connectivity index is 1.37. The van der Waals surface area contributed by atoms with Crippen LogP contribution in [0.3, 0.4) is 0 Å². The molecule has 2 fully saturated rings. The van der Waals surface area contributed by atoms with E-state index in [2.05, 4.69) is 36.2 Å². The minimum Gasteiger partial charge on any atom is -0.478 e. The number of hydrogen-bond donors (Lipinski definition) is 10. The molecular weight excluding hydrogens is 859 g/mol. The molecule has 0 aliphatic carbocycles. The number of piperidine rings is 1. The van der Waals surface area contributed by atoms with Crippen LogP contribution in [0.1, 0.15) is 101 Å². The molecule has 2 saturated heterocycles. The number of Topliss-reactive ketones (excluding diaryl/α,β-unsaturated/α-hetero) is 1. The van der Waals surface area contributed by atoms with Gasteiger partial charge in [-0.05, 0) is 87.4 Å². The van der Waals surface area contributed by atoms with Crippen LogP contribution in [0.15, 0.2) is 52.4 Å². The van der Waals surface area contributed by atoms with Gasteiger partial charge >= 0.3 is 11.9 Å². The summed E-state index contributed by atoms with van der Waals surface area (Å²) in [7, 11) is 0. The second-order valence-corrected chi connectivity index (χ2v) is 17.6. The highest BCUT2D eigenvalue weighted by molar-refractivity contribution is 7.20. The van der Waals surface area contributed by atoms with Gasteiger partial charge in [0, 0.05) is 44.5 Å². The van der Waals surface area contributed by atoms with Gasteiger partial charge in [0.15, 0.2) is 23.0 Å². The van der Waals surface area contributed by atoms with Gasteiger partial charge < -0.3 is 55.0 Å². The van der Waals surface area contributed by atoms with E-state index >= 15 is 0 Å². The number of guanidine groups is 2. The van der Waals surface area contributed by atoms with Crippen LogP contribution >= 0.6 is 11.3 Å². The molecule has 21 nitrogen and oxygen atoms in total. The smallest absolute Gasteiger partial charge is 0.337 e.